The molecule has 12 heavy (non-hydrogen) atoms. The van der Waals surface area contributed by atoms with Crippen molar-refractivity contribution in [2.75, 3.05) is 6.54 Å². The Morgan fingerprint density at radius 1 is 1.42 bits per heavy atom. The molecule has 0 bridgehead atoms. The summed E-state index contributed by atoms with van der Waals surface area (Å²) in [7, 11) is -3.53. The molecule has 0 fully saturated rings. The highest BCUT2D eigenvalue weighted by Crippen LogP contribution is 2.24. The van der Waals surface area contributed by atoms with E-state index in [9.17, 15) is 8.42 Å². The summed E-state index contributed by atoms with van der Waals surface area (Å²) in [4.78, 5) is 0. The molecule has 1 unspecified atom stereocenters. The molecule has 0 amide bonds. The van der Waals surface area contributed by atoms with Gasteiger partial charge in [-0.05, 0) is 11.3 Å². The molecule has 0 aromatic heterocycles. The summed E-state index contributed by atoms with van der Waals surface area (Å²) < 4.78 is 23.3. The monoisotopic (exact) mass is 194 g/mol. The zero-order valence-electron chi connectivity index (χ0n) is 8.09. The maximum absolute atomic E-state index is 10.5. The molecular weight excluding hydrogens is 176 g/mol. The smallest absolute Gasteiger partial charge is 0.216 e. The minimum atomic E-state index is -3.53. The van der Waals surface area contributed by atoms with Crippen molar-refractivity contribution in [3.05, 3.63) is 0 Å². The Labute approximate surface area is 74.7 Å². The quantitative estimate of drug-likeness (QED) is 0.685. The van der Waals surface area contributed by atoms with Gasteiger partial charge in [-0.3, -0.25) is 0 Å². The molecule has 0 radical (unpaired) electrons. The van der Waals surface area contributed by atoms with Gasteiger partial charge in [0, 0.05) is 6.54 Å². The van der Waals surface area contributed by atoms with Crippen LogP contribution in [0.1, 0.15) is 27.7 Å². The van der Waals surface area contributed by atoms with E-state index in [0.29, 0.717) is 6.54 Å². The van der Waals surface area contributed by atoms with Gasteiger partial charge in [0.05, 0.1) is 0 Å². The highest BCUT2D eigenvalue weighted by molar-refractivity contribution is 7.87. The number of hydrogen-bond acceptors (Lipinski definition) is 2. The van der Waals surface area contributed by atoms with E-state index in [4.69, 9.17) is 5.14 Å². The Morgan fingerprint density at radius 3 is 2.08 bits per heavy atom. The molecule has 0 aliphatic rings. The van der Waals surface area contributed by atoms with E-state index in [1.807, 2.05) is 6.92 Å². The van der Waals surface area contributed by atoms with E-state index in [0.717, 1.165) is 0 Å². The van der Waals surface area contributed by atoms with Gasteiger partial charge in [0.15, 0.2) is 0 Å². The Bertz CT molecular complexity index is 228. The summed E-state index contributed by atoms with van der Waals surface area (Å²) in [6.45, 7) is 8.55. The lowest BCUT2D eigenvalue weighted by molar-refractivity contribution is 0.263. The summed E-state index contributed by atoms with van der Waals surface area (Å²) in [5, 5.41) is 4.79. The summed E-state index contributed by atoms with van der Waals surface area (Å²) in [6, 6.07) is 0. The van der Waals surface area contributed by atoms with Gasteiger partial charge in [-0.2, -0.15) is 8.42 Å². The standard InChI is InChI=1S/C7H18N2O2S/c1-6(7(2,3)4)5-9-12(8,10)11/h6,9H,5H2,1-4H3,(H2,8,10,11). The second kappa shape index (κ2) is 3.72. The van der Waals surface area contributed by atoms with E-state index in [1.54, 1.807) is 0 Å². The van der Waals surface area contributed by atoms with Crippen LogP contribution in [0, 0.1) is 11.3 Å². The molecule has 5 heteroatoms. The lowest BCUT2D eigenvalue weighted by atomic mass is 9.82. The van der Waals surface area contributed by atoms with Gasteiger partial charge in [-0.1, -0.05) is 27.7 Å². The lowest BCUT2D eigenvalue weighted by Gasteiger charge is -2.26. The van der Waals surface area contributed by atoms with Crippen LogP contribution in [-0.2, 0) is 10.2 Å². The van der Waals surface area contributed by atoms with Crippen LogP contribution in [0.3, 0.4) is 0 Å². The van der Waals surface area contributed by atoms with Crippen LogP contribution in [0.4, 0.5) is 0 Å². The van der Waals surface area contributed by atoms with Crippen LogP contribution in [0.25, 0.3) is 0 Å². The molecular formula is C7H18N2O2S. The van der Waals surface area contributed by atoms with Gasteiger partial charge < -0.3 is 0 Å². The van der Waals surface area contributed by atoms with Crippen LogP contribution >= 0.6 is 0 Å². The SMILES string of the molecule is CC(CNS(N)(=O)=O)C(C)(C)C. The fourth-order valence-corrected chi connectivity index (χ4v) is 1.03. The zero-order chi connectivity index (χ0) is 9.99. The van der Waals surface area contributed by atoms with Crippen LogP contribution in [0.15, 0.2) is 0 Å². The van der Waals surface area contributed by atoms with Crippen LogP contribution < -0.4 is 9.86 Å². The Hall–Kier alpha value is -0.130. The van der Waals surface area contributed by atoms with Crippen molar-refractivity contribution in [1.29, 1.82) is 0 Å². The minimum Gasteiger partial charge on any atom is -0.216 e. The van der Waals surface area contributed by atoms with Crippen molar-refractivity contribution < 1.29 is 8.42 Å². The summed E-state index contributed by atoms with van der Waals surface area (Å²) >= 11 is 0. The third-order valence-electron chi connectivity index (χ3n) is 2.07. The molecule has 0 saturated carbocycles. The molecule has 0 aliphatic carbocycles. The summed E-state index contributed by atoms with van der Waals surface area (Å²) in [5.74, 6) is 0.260. The maximum atomic E-state index is 10.5. The maximum Gasteiger partial charge on any atom is 0.274 e. The van der Waals surface area contributed by atoms with Gasteiger partial charge in [0.2, 0.25) is 0 Å². The highest BCUT2D eigenvalue weighted by Gasteiger charge is 2.20. The zero-order valence-corrected chi connectivity index (χ0v) is 8.90. The average Bonchev–Trinajstić information content (AvgIpc) is 1.78. The first kappa shape index (κ1) is 11.9. The first-order valence-corrected chi connectivity index (χ1v) is 5.45. The highest BCUT2D eigenvalue weighted by atomic mass is 32.2. The number of nitrogens with one attached hydrogen (secondary N) is 1. The number of rotatable bonds is 3. The summed E-state index contributed by atoms with van der Waals surface area (Å²) in [6.07, 6.45) is 0. The molecule has 0 heterocycles. The first-order valence-electron chi connectivity index (χ1n) is 3.90. The van der Waals surface area contributed by atoms with Gasteiger partial charge in [0.1, 0.15) is 0 Å². The average molecular weight is 194 g/mol. The molecule has 0 aromatic carbocycles. The topological polar surface area (TPSA) is 72.2 Å². The van der Waals surface area contributed by atoms with Gasteiger partial charge >= 0.3 is 0 Å². The van der Waals surface area contributed by atoms with Crippen molar-refractivity contribution in [3.63, 3.8) is 0 Å². The van der Waals surface area contributed by atoms with Crippen LogP contribution in [0.5, 0.6) is 0 Å². The molecule has 0 aliphatic heterocycles. The Morgan fingerprint density at radius 2 is 1.83 bits per heavy atom. The fourth-order valence-electron chi connectivity index (χ4n) is 0.547. The molecule has 0 aromatic rings. The minimum absolute atomic E-state index is 0.0949. The Balaban J connectivity index is 3.97. The molecule has 1 atom stereocenters. The van der Waals surface area contributed by atoms with E-state index < -0.39 is 10.2 Å². The van der Waals surface area contributed by atoms with Crippen molar-refractivity contribution in [3.8, 4) is 0 Å². The van der Waals surface area contributed by atoms with E-state index >= 15 is 0 Å². The third-order valence-corrected chi connectivity index (χ3v) is 2.64. The number of nitrogens with two attached hydrogens (primary N) is 1. The second-order valence-corrected chi connectivity index (χ2v) is 5.54. The third kappa shape index (κ3) is 5.51. The molecule has 0 saturated heterocycles. The second-order valence-electron chi connectivity index (χ2n) is 4.16. The van der Waals surface area contributed by atoms with Gasteiger partial charge in [-0.15, -0.1) is 0 Å². The van der Waals surface area contributed by atoms with Crippen LogP contribution in [0.2, 0.25) is 0 Å². The van der Waals surface area contributed by atoms with Gasteiger partial charge in [-0.25, -0.2) is 9.86 Å². The van der Waals surface area contributed by atoms with Crippen LogP contribution in [-0.4, -0.2) is 15.0 Å². The van der Waals surface area contributed by atoms with E-state index in [2.05, 4.69) is 25.5 Å². The van der Waals surface area contributed by atoms with Crippen molar-refractivity contribution in [2.45, 2.75) is 27.7 Å². The van der Waals surface area contributed by atoms with Crippen molar-refractivity contribution >= 4 is 10.2 Å². The predicted molar refractivity (Wildman–Crippen MR) is 49.7 cm³/mol. The molecule has 74 valence electrons. The summed E-state index contributed by atoms with van der Waals surface area (Å²) in [5.41, 5.74) is 0.0949. The molecule has 4 nitrogen and oxygen atoms in total. The Kier molecular flexibility index (Phi) is 3.68. The molecule has 0 spiro atoms. The normalized spacial score (nSPS) is 16.1. The van der Waals surface area contributed by atoms with E-state index in [1.165, 1.54) is 0 Å². The van der Waals surface area contributed by atoms with E-state index in [-0.39, 0.29) is 11.3 Å². The lowest BCUT2D eigenvalue weighted by Crippen LogP contribution is -2.37. The van der Waals surface area contributed by atoms with Gasteiger partial charge in [0.25, 0.3) is 10.2 Å². The fraction of sp³-hybridized carbons (Fsp3) is 1.00. The van der Waals surface area contributed by atoms with Crippen molar-refractivity contribution in [2.24, 2.45) is 16.5 Å². The molecule has 3 N–H and O–H groups in total. The molecule has 0 rings (SSSR count). The largest absolute Gasteiger partial charge is 0.274 e. The first-order chi connectivity index (χ1) is 5.13. The van der Waals surface area contributed by atoms with Crippen molar-refractivity contribution in [1.82, 2.24) is 4.72 Å². The predicted octanol–water partition coefficient (Wildman–Crippen LogP) is 0.462. The number of hydrogen-bond donors (Lipinski definition) is 2.